The van der Waals surface area contributed by atoms with Crippen LogP contribution in [0.2, 0.25) is 10.0 Å². The number of hydrogen-bond acceptors (Lipinski definition) is 3. The van der Waals surface area contributed by atoms with Crippen molar-refractivity contribution in [2.75, 3.05) is 19.8 Å². The van der Waals surface area contributed by atoms with Crippen molar-refractivity contribution in [3.8, 4) is 0 Å². The largest absolute Gasteiger partial charge is 0.376 e. The van der Waals surface area contributed by atoms with Crippen molar-refractivity contribution < 1.29 is 14.3 Å². The molecule has 0 aliphatic carbocycles. The number of Topliss-reactive ketones (excluding diaryl/α,β-unsaturated/α-hetero) is 1. The average molecular weight is 365 g/mol. The van der Waals surface area contributed by atoms with E-state index in [9.17, 15) is 4.79 Å². The topological polar surface area (TPSA) is 35.5 Å². The SMILES string of the molecule is O=C(c1ccc(Cl)cc1)C(CC1COCCO1)c1ccc(Cl)cc1. The van der Waals surface area contributed by atoms with Crippen LogP contribution >= 0.6 is 23.2 Å². The van der Waals surface area contributed by atoms with Crippen molar-refractivity contribution in [1.29, 1.82) is 0 Å². The molecule has 3 rings (SSSR count). The number of halogens is 2. The Morgan fingerprint density at radius 2 is 1.62 bits per heavy atom. The van der Waals surface area contributed by atoms with E-state index in [1.165, 1.54) is 0 Å². The minimum absolute atomic E-state index is 0.0446. The summed E-state index contributed by atoms with van der Waals surface area (Å²) >= 11 is 11.9. The summed E-state index contributed by atoms with van der Waals surface area (Å²) < 4.78 is 11.2. The zero-order valence-electron chi connectivity index (χ0n) is 13.1. The van der Waals surface area contributed by atoms with Gasteiger partial charge in [0.15, 0.2) is 5.78 Å². The highest BCUT2D eigenvalue weighted by Gasteiger charge is 2.27. The van der Waals surface area contributed by atoms with Crippen molar-refractivity contribution in [2.45, 2.75) is 18.4 Å². The summed E-state index contributed by atoms with van der Waals surface area (Å²) in [5, 5.41) is 1.26. The molecule has 0 aromatic heterocycles. The van der Waals surface area contributed by atoms with Crippen LogP contribution in [0.1, 0.15) is 28.3 Å². The molecule has 1 saturated heterocycles. The summed E-state index contributed by atoms with van der Waals surface area (Å²) in [5.41, 5.74) is 1.56. The molecule has 0 spiro atoms. The summed E-state index contributed by atoms with van der Waals surface area (Å²) in [7, 11) is 0. The fourth-order valence-corrected chi connectivity index (χ4v) is 3.09. The third kappa shape index (κ3) is 4.37. The second kappa shape index (κ2) is 8.13. The van der Waals surface area contributed by atoms with Crippen LogP contribution < -0.4 is 0 Å². The van der Waals surface area contributed by atoms with Gasteiger partial charge in [0.2, 0.25) is 0 Å². The second-order valence-corrected chi connectivity index (χ2v) is 6.65. The van der Waals surface area contributed by atoms with Gasteiger partial charge >= 0.3 is 0 Å². The molecule has 0 radical (unpaired) electrons. The molecule has 1 aliphatic heterocycles. The van der Waals surface area contributed by atoms with E-state index in [2.05, 4.69) is 0 Å². The Labute approximate surface area is 151 Å². The van der Waals surface area contributed by atoms with Gasteiger partial charge in [-0.25, -0.2) is 0 Å². The van der Waals surface area contributed by atoms with E-state index in [0.717, 1.165) is 5.56 Å². The molecule has 3 nitrogen and oxygen atoms in total. The highest BCUT2D eigenvalue weighted by atomic mass is 35.5. The monoisotopic (exact) mass is 364 g/mol. The first-order chi connectivity index (χ1) is 11.6. The van der Waals surface area contributed by atoms with E-state index in [-0.39, 0.29) is 17.8 Å². The van der Waals surface area contributed by atoms with Crippen LogP contribution in [0.25, 0.3) is 0 Å². The molecule has 2 atom stereocenters. The molecule has 2 aromatic rings. The first-order valence-corrected chi connectivity index (χ1v) is 8.63. The van der Waals surface area contributed by atoms with Gasteiger partial charge in [0.25, 0.3) is 0 Å². The van der Waals surface area contributed by atoms with E-state index in [4.69, 9.17) is 32.7 Å². The molecule has 24 heavy (non-hydrogen) atoms. The number of carbonyl (C=O) groups is 1. The van der Waals surface area contributed by atoms with Crippen LogP contribution in [0.5, 0.6) is 0 Å². The molecule has 2 aromatic carbocycles. The molecule has 1 fully saturated rings. The maximum Gasteiger partial charge on any atom is 0.170 e. The Morgan fingerprint density at radius 3 is 2.21 bits per heavy atom. The van der Waals surface area contributed by atoms with Gasteiger partial charge < -0.3 is 9.47 Å². The number of carbonyl (C=O) groups excluding carboxylic acids is 1. The third-order valence-corrected chi connectivity index (χ3v) is 4.61. The fourth-order valence-electron chi connectivity index (χ4n) is 2.84. The van der Waals surface area contributed by atoms with Gasteiger partial charge in [-0.3, -0.25) is 4.79 Å². The van der Waals surface area contributed by atoms with E-state index in [1.807, 2.05) is 12.1 Å². The molecule has 1 aliphatic rings. The van der Waals surface area contributed by atoms with E-state index >= 15 is 0 Å². The van der Waals surface area contributed by atoms with Crippen LogP contribution in [-0.4, -0.2) is 31.7 Å². The summed E-state index contributed by atoms with van der Waals surface area (Å²) in [6.07, 6.45) is 0.485. The lowest BCUT2D eigenvalue weighted by atomic mass is 9.86. The number of ketones is 1. The minimum atomic E-state index is -0.310. The van der Waals surface area contributed by atoms with E-state index in [0.29, 0.717) is 41.9 Å². The Balaban J connectivity index is 1.86. The summed E-state index contributed by atoms with van der Waals surface area (Å²) in [5.74, 6) is -0.265. The molecule has 0 bridgehead atoms. The minimum Gasteiger partial charge on any atom is -0.376 e. The van der Waals surface area contributed by atoms with Crippen LogP contribution in [0.4, 0.5) is 0 Å². The molecular formula is C19H18Cl2O3. The number of hydrogen-bond donors (Lipinski definition) is 0. The molecular weight excluding hydrogens is 347 g/mol. The Bertz CT molecular complexity index is 677. The first kappa shape index (κ1) is 17.4. The molecule has 0 saturated carbocycles. The average Bonchev–Trinajstić information content (AvgIpc) is 2.62. The van der Waals surface area contributed by atoms with Gasteiger partial charge in [0, 0.05) is 21.5 Å². The Hall–Kier alpha value is -1.39. The normalized spacial score (nSPS) is 19.0. The molecule has 1 heterocycles. The standard InChI is InChI=1S/C19H18Cl2O3/c20-15-5-1-13(2-6-15)18(11-17-12-23-9-10-24-17)19(22)14-3-7-16(21)8-4-14/h1-8,17-18H,9-12H2. The summed E-state index contributed by atoms with van der Waals surface area (Å²) in [6, 6.07) is 14.4. The Kier molecular flexibility index (Phi) is 5.90. The lowest BCUT2D eigenvalue weighted by molar-refractivity contribution is -0.0917. The highest BCUT2D eigenvalue weighted by molar-refractivity contribution is 6.31. The highest BCUT2D eigenvalue weighted by Crippen LogP contribution is 2.29. The number of rotatable bonds is 5. The molecule has 5 heteroatoms. The Morgan fingerprint density at radius 1 is 1.00 bits per heavy atom. The zero-order valence-corrected chi connectivity index (χ0v) is 14.6. The molecule has 0 N–H and O–H groups in total. The van der Waals surface area contributed by atoms with Gasteiger partial charge in [0.05, 0.1) is 25.9 Å². The van der Waals surface area contributed by atoms with E-state index < -0.39 is 0 Å². The van der Waals surface area contributed by atoms with Gasteiger partial charge in [-0.2, -0.15) is 0 Å². The van der Waals surface area contributed by atoms with Crippen molar-refractivity contribution in [2.24, 2.45) is 0 Å². The fraction of sp³-hybridized carbons (Fsp3) is 0.316. The van der Waals surface area contributed by atoms with Gasteiger partial charge in [-0.05, 0) is 48.4 Å². The zero-order chi connectivity index (χ0) is 16.9. The van der Waals surface area contributed by atoms with Crippen LogP contribution in [-0.2, 0) is 9.47 Å². The number of ether oxygens (including phenoxy) is 2. The first-order valence-electron chi connectivity index (χ1n) is 7.88. The molecule has 126 valence electrons. The lowest BCUT2D eigenvalue weighted by Crippen LogP contribution is -2.31. The van der Waals surface area contributed by atoms with Gasteiger partial charge in [0.1, 0.15) is 0 Å². The smallest absolute Gasteiger partial charge is 0.170 e. The maximum atomic E-state index is 13.0. The molecule has 2 unspecified atom stereocenters. The lowest BCUT2D eigenvalue weighted by Gasteiger charge is -2.27. The van der Waals surface area contributed by atoms with Crippen molar-refractivity contribution >= 4 is 29.0 Å². The van der Waals surface area contributed by atoms with Crippen molar-refractivity contribution in [1.82, 2.24) is 0 Å². The molecule has 0 amide bonds. The van der Waals surface area contributed by atoms with Crippen LogP contribution in [0.3, 0.4) is 0 Å². The third-order valence-electron chi connectivity index (χ3n) is 4.10. The van der Waals surface area contributed by atoms with Crippen molar-refractivity contribution in [3.05, 3.63) is 69.7 Å². The summed E-state index contributed by atoms with van der Waals surface area (Å²) in [4.78, 5) is 13.0. The van der Waals surface area contributed by atoms with Gasteiger partial charge in [-0.15, -0.1) is 0 Å². The van der Waals surface area contributed by atoms with E-state index in [1.54, 1.807) is 36.4 Å². The van der Waals surface area contributed by atoms with Crippen molar-refractivity contribution in [3.63, 3.8) is 0 Å². The second-order valence-electron chi connectivity index (χ2n) is 5.78. The predicted molar refractivity (Wildman–Crippen MR) is 95.2 cm³/mol. The summed E-state index contributed by atoms with van der Waals surface area (Å²) in [6.45, 7) is 1.68. The number of benzene rings is 2. The quantitative estimate of drug-likeness (QED) is 0.717. The maximum absolute atomic E-state index is 13.0. The van der Waals surface area contributed by atoms with Gasteiger partial charge in [-0.1, -0.05) is 35.3 Å². The van der Waals surface area contributed by atoms with Crippen LogP contribution in [0.15, 0.2) is 48.5 Å². The predicted octanol–water partition coefficient (Wildman–Crippen LogP) is 4.77. The van der Waals surface area contributed by atoms with Crippen LogP contribution in [0, 0.1) is 0 Å².